The number of rotatable bonds is 6. The highest BCUT2D eigenvalue weighted by Crippen LogP contribution is 2.15. The van der Waals surface area contributed by atoms with Gasteiger partial charge in [-0.3, -0.25) is 0 Å². The summed E-state index contributed by atoms with van der Waals surface area (Å²) in [6.45, 7) is 7.09. The first-order chi connectivity index (χ1) is 8.08. The van der Waals surface area contributed by atoms with Gasteiger partial charge in [0.25, 0.3) is 0 Å². The standard InChI is InChI=1S/C14H23NO2/c1-10-6-12(3)13(7-11(10)2)4-5-15-14(8-16)9-17/h6-7,14-17H,4-5,8-9H2,1-3H3. The van der Waals surface area contributed by atoms with Crippen molar-refractivity contribution in [2.75, 3.05) is 19.8 Å². The largest absolute Gasteiger partial charge is 0.395 e. The molecule has 0 radical (unpaired) electrons. The van der Waals surface area contributed by atoms with E-state index in [1.807, 2.05) is 0 Å². The van der Waals surface area contributed by atoms with Crippen molar-refractivity contribution in [1.29, 1.82) is 0 Å². The van der Waals surface area contributed by atoms with Crippen molar-refractivity contribution in [3.8, 4) is 0 Å². The van der Waals surface area contributed by atoms with E-state index in [1.54, 1.807) is 0 Å². The molecule has 0 aliphatic rings. The van der Waals surface area contributed by atoms with E-state index in [0.29, 0.717) is 0 Å². The molecule has 3 nitrogen and oxygen atoms in total. The van der Waals surface area contributed by atoms with Gasteiger partial charge in [-0.2, -0.15) is 0 Å². The molecule has 0 spiro atoms. The first-order valence-corrected chi connectivity index (χ1v) is 6.10. The van der Waals surface area contributed by atoms with Crippen LogP contribution < -0.4 is 5.32 Å². The number of aryl methyl sites for hydroxylation is 3. The van der Waals surface area contributed by atoms with Crippen molar-refractivity contribution in [2.45, 2.75) is 33.2 Å². The fourth-order valence-electron chi connectivity index (χ4n) is 1.89. The van der Waals surface area contributed by atoms with Gasteiger partial charge in [0.15, 0.2) is 0 Å². The molecule has 0 aliphatic heterocycles. The Morgan fingerprint density at radius 1 is 1.00 bits per heavy atom. The molecule has 0 amide bonds. The van der Waals surface area contributed by atoms with Crippen molar-refractivity contribution in [2.24, 2.45) is 0 Å². The summed E-state index contributed by atoms with van der Waals surface area (Å²) in [6, 6.07) is 4.22. The predicted octanol–water partition coefficient (Wildman–Crippen LogP) is 1.10. The topological polar surface area (TPSA) is 52.5 Å². The van der Waals surface area contributed by atoms with E-state index < -0.39 is 0 Å². The number of aliphatic hydroxyl groups excluding tert-OH is 2. The molecule has 0 atom stereocenters. The van der Waals surface area contributed by atoms with Crippen LogP contribution in [-0.2, 0) is 6.42 Å². The molecule has 3 heteroatoms. The summed E-state index contributed by atoms with van der Waals surface area (Å²) in [7, 11) is 0. The average Bonchev–Trinajstić information content (AvgIpc) is 2.31. The highest BCUT2D eigenvalue weighted by Gasteiger charge is 2.05. The minimum Gasteiger partial charge on any atom is -0.395 e. The quantitative estimate of drug-likeness (QED) is 0.694. The van der Waals surface area contributed by atoms with Gasteiger partial charge in [0.1, 0.15) is 0 Å². The summed E-state index contributed by atoms with van der Waals surface area (Å²) in [5.41, 5.74) is 5.27. The Morgan fingerprint density at radius 3 is 2.18 bits per heavy atom. The minimum absolute atomic E-state index is 0.0254. The lowest BCUT2D eigenvalue weighted by Crippen LogP contribution is -2.37. The Bertz CT molecular complexity index is 359. The van der Waals surface area contributed by atoms with Gasteiger partial charge >= 0.3 is 0 Å². The van der Waals surface area contributed by atoms with Gasteiger partial charge in [0.05, 0.1) is 19.3 Å². The van der Waals surface area contributed by atoms with E-state index in [-0.39, 0.29) is 19.3 Å². The Labute approximate surface area is 103 Å². The molecule has 17 heavy (non-hydrogen) atoms. The monoisotopic (exact) mass is 237 g/mol. The summed E-state index contributed by atoms with van der Waals surface area (Å²) < 4.78 is 0. The maximum atomic E-state index is 8.94. The average molecular weight is 237 g/mol. The molecule has 0 heterocycles. The lowest BCUT2D eigenvalue weighted by Gasteiger charge is -2.14. The zero-order chi connectivity index (χ0) is 12.8. The third-order valence-corrected chi connectivity index (χ3v) is 3.22. The molecule has 0 aromatic heterocycles. The minimum atomic E-state index is -0.207. The summed E-state index contributed by atoms with van der Waals surface area (Å²) in [5.74, 6) is 0. The zero-order valence-corrected chi connectivity index (χ0v) is 11.0. The van der Waals surface area contributed by atoms with Crippen LogP contribution in [0.15, 0.2) is 12.1 Å². The Morgan fingerprint density at radius 2 is 1.59 bits per heavy atom. The molecule has 0 saturated heterocycles. The van der Waals surface area contributed by atoms with Crippen LogP contribution in [0.4, 0.5) is 0 Å². The Kier molecular flexibility index (Phi) is 5.62. The van der Waals surface area contributed by atoms with Crippen molar-refractivity contribution in [1.82, 2.24) is 5.32 Å². The maximum absolute atomic E-state index is 8.94. The predicted molar refractivity (Wildman–Crippen MR) is 70.3 cm³/mol. The molecule has 3 N–H and O–H groups in total. The first-order valence-electron chi connectivity index (χ1n) is 6.10. The summed E-state index contributed by atoms with van der Waals surface area (Å²) in [5, 5.41) is 21.0. The Hall–Kier alpha value is -0.900. The second kappa shape index (κ2) is 6.74. The number of nitrogens with one attached hydrogen (secondary N) is 1. The van der Waals surface area contributed by atoms with Crippen LogP contribution in [0.25, 0.3) is 0 Å². The molecule has 0 fully saturated rings. The molecule has 0 aliphatic carbocycles. The normalized spacial score (nSPS) is 11.2. The van der Waals surface area contributed by atoms with Gasteiger partial charge in [-0.25, -0.2) is 0 Å². The highest BCUT2D eigenvalue weighted by molar-refractivity contribution is 5.36. The van der Waals surface area contributed by atoms with E-state index >= 15 is 0 Å². The second-order valence-electron chi connectivity index (χ2n) is 4.63. The molecule has 0 bridgehead atoms. The number of hydrogen-bond donors (Lipinski definition) is 3. The SMILES string of the molecule is Cc1cc(C)c(CCNC(CO)CO)cc1C. The molecule has 96 valence electrons. The third-order valence-electron chi connectivity index (χ3n) is 3.22. The third kappa shape index (κ3) is 4.11. The highest BCUT2D eigenvalue weighted by atomic mass is 16.3. The number of benzene rings is 1. The molecular formula is C14H23NO2. The lowest BCUT2D eigenvalue weighted by atomic mass is 9.99. The molecule has 0 saturated carbocycles. The molecular weight excluding hydrogens is 214 g/mol. The first kappa shape index (κ1) is 14.2. The van der Waals surface area contributed by atoms with Gasteiger partial charge in [0, 0.05) is 0 Å². The van der Waals surface area contributed by atoms with Crippen LogP contribution in [-0.4, -0.2) is 36.0 Å². The van der Waals surface area contributed by atoms with Gasteiger partial charge in [0.2, 0.25) is 0 Å². The van der Waals surface area contributed by atoms with E-state index in [2.05, 4.69) is 38.2 Å². The summed E-state index contributed by atoms with van der Waals surface area (Å²) >= 11 is 0. The lowest BCUT2D eigenvalue weighted by molar-refractivity contribution is 0.171. The van der Waals surface area contributed by atoms with Crippen LogP contribution >= 0.6 is 0 Å². The summed E-state index contributed by atoms with van der Waals surface area (Å²) in [4.78, 5) is 0. The summed E-state index contributed by atoms with van der Waals surface area (Å²) in [6.07, 6.45) is 0.920. The van der Waals surface area contributed by atoms with Gasteiger partial charge in [-0.15, -0.1) is 0 Å². The second-order valence-corrected chi connectivity index (χ2v) is 4.63. The fraction of sp³-hybridized carbons (Fsp3) is 0.571. The van der Waals surface area contributed by atoms with Gasteiger partial charge in [-0.1, -0.05) is 12.1 Å². The number of aliphatic hydroxyl groups is 2. The van der Waals surface area contributed by atoms with Crippen LogP contribution in [0.3, 0.4) is 0 Å². The molecule has 1 aromatic rings. The van der Waals surface area contributed by atoms with Crippen molar-refractivity contribution < 1.29 is 10.2 Å². The van der Waals surface area contributed by atoms with E-state index in [9.17, 15) is 0 Å². The van der Waals surface area contributed by atoms with E-state index in [1.165, 1.54) is 22.3 Å². The van der Waals surface area contributed by atoms with Crippen LogP contribution in [0, 0.1) is 20.8 Å². The van der Waals surface area contributed by atoms with E-state index in [4.69, 9.17) is 10.2 Å². The van der Waals surface area contributed by atoms with Crippen LogP contribution in [0.2, 0.25) is 0 Å². The van der Waals surface area contributed by atoms with E-state index in [0.717, 1.165) is 13.0 Å². The smallest absolute Gasteiger partial charge is 0.0607 e. The van der Waals surface area contributed by atoms with Gasteiger partial charge < -0.3 is 15.5 Å². The van der Waals surface area contributed by atoms with Crippen molar-refractivity contribution in [3.05, 3.63) is 34.4 Å². The molecule has 1 rings (SSSR count). The van der Waals surface area contributed by atoms with Gasteiger partial charge in [-0.05, 0) is 56.0 Å². The molecule has 0 unspecified atom stereocenters. The number of hydrogen-bond acceptors (Lipinski definition) is 3. The fourth-order valence-corrected chi connectivity index (χ4v) is 1.89. The van der Waals surface area contributed by atoms with Crippen LogP contribution in [0.1, 0.15) is 22.3 Å². The maximum Gasteiger partial charge on any atom is 0.0607 e. The Balaban J connectivity index is 2.55. The van der Waals surface area contributed by atoms with Crippen molar-refractivity contribution >= 4 is 0 Å². The van der Waals surface area contributed by atoms with Crippen molar-refractivity contribution in [3.63, 3.8) is 0 Å². The van der Waals surface area contributed by atoms with Crippen LogP contribution in [0.5, 0.6) is 0 Å². The molecule has 1 aromatic carbocycles. The zero-order valence-electron chi connectivity index (χ0n) is 11.0.